The molecule has 0 amide bonds. The van der Waals surface area contributed by atoms with Gasteiger partial charge < -0.3 is 11.5 Å². The van der Waals surface area contributed by atoms with Crippen LogP contribution in [0.1, 0.15) is 44.6 Å². The van der Waals surface area contributed by atoms with Gasteiger partial charge in [0.05, 0.1) is 0 Å². The highest BCUT2D eigenvalue weighted by Gasteiger charge is 2.16. The molecule has 4 N–H and O–H groups in total. The van der Waals surface area contributed by atoms with Crippen LogP contribution in [-0.4, -0.2) is 12.1 Å². The molecule has 2 nitrogen and oxygen atoms in total. The predicted octanol–water partition coefficient (Wildman–Crippen LogP) is 3.40. The molecule has 0 spiro atoms. The first kappa shape index (κ1) is 14.7. The quantitative estimate of drug-likeness (QED) is 0.846. The summed E-state index contributed by atoms with van der Waals surface area (Å²) in [7, 11) is 0. The van der Waals surface area contributed by atoms with Crippen molar-refractivity contribution in [1.29, 1.82) is 0 Å². The van der Waals surface area contributed by atoms with E-state index in [1.165, 1.54) is 5.56 Å². The molecule has 0 aliphatic heterocycles. The maximum Gasteiger partial charge on any atom is 0.0178 e. The first-order valence-corrected chi connectivity index (χ1v) is 7.08. The second kappa shape index (κ2) is 7.14. The summed E-state index contributed by atoms with van der Waals surface area (Å²) in [5, 5.41) is 0. The molecule has 96 valence electrons. The zero-order chi connectivity index (χ0) is 12.8. The van der Waals surface area contributed by atoms with E-state index in [0.29, 0.717) is 5.92 Å². The number of hydrogen-bond acceptors (Lipinski definition) is 2. The van der Waals surface area contributed by atoms with E-state index >= 15 is 0 Å². The fourth-order valence-corrected chi connectivity index (χ4v) is 2.53. The summed E-state index contributed by atoms with van der Waals surface area (Å²) in [4.78, 5) is 0. The average molecular weight is 299 g/mol. The van der Waals surface area contributed by atoms with Crippen molar-refractivity contribution < 1.29 is 0 Å². The first-order chi connectivity index (χ1) is 8.02. The second-order valence-electron chi connectivity index (χ2n) is 4.87. The van der Waals surface area contributed by atoms with E-state index in [1.807, 2.05) is 6.07 Å². The Morgan fingerprint density at radius 3 is 2.47 bits per heavy atom. The molecule has 0 radical (unpaired) electrons. The van der Waals surface area contributed by atoms with Crippen LogP contribution in [0.5, 0.6) is 0 Å². The maximum absolute atomic E-state index is 6.07. The monoisotopic (exact) mass is 298 g/mol. The lowest BCUT2D eigenvalue weighted by Crippen LogP contribution is -2.25. The van der Waals surface area contributed by atoms with E-state index in [4.69, 9.17) is 11.5 Å². The van der Waals surface area contributed by atoms with Crippen molar-refractivity contribution in [3.8, 4) is 0 Å². The van der Waals surface area contributed by atoms with Crippen LogP contribution in [0, 0.1) is 0 Å². The summed E-state index contributed by atoms with van der Waals surface area (Å²) in [6, 6.07) is 8.94. The van der Waals surface area contributed by atoms with Crippen molar-refractivity contribution >= 4 is 15.9 Å². The minimum atomic E-state index is 0.211. The van der Waals surface area contributed by atoms with Crippen LogP contribution in [0.15, 0.2) is 28.7 Å². The molecule has 0 aliphatic rings. The third-order valence-corrected chi connectivity index (χ3v) is 3.58. The zero-order valence-corrected chi connectivity index (χ0v) is 12.3. The van der Waals surface area contributed by atoms with Crippen LogP contribution in [0.3, 0.4) is 0 Å². The molecule has 0 aliphatic carbocycles. The first-order valence-electron chi connectivity index (χ1n) is 6.29. The number of rotatable bonds is 6. The van der Waals surface area contributed by atoms with Gasteiger partial charge in [-0.1, -0.05) is 35.0 Å². The number of hydrogen-bond donors (Lipinski definition) is 2. The van der Waals surface area contributed by atoms with Crippen molar-refractivity contribution in [3.63, 3.8) is 0 Å². The average Bonchev–Trinajstić information content (AvgIpc) is 2.27. The third kappa shape index (κ3) is 5.19. The summed E-state index contributed by atoms with van der Waals surface area (Å²) in [6.07, 6.45) is 3.02. The van der Waals surface area contributed by atoms with Gasteiger partial charge in [0.25, 0.3) is 0 Å². The lowest BCUT2D eigenvalue weighted by molar-refractivity contribution is 0.464. The predicted molar refractivity (Wildman–Crippen MR) is 78.0 cm³/mol. The van der Waals surface area contributed by atoms with Gasteiger partial charge in [-0.15, -0.1) is 0 Å². The summed E-state index contributed by atoms with van der Waals surface area (Å²) < 4.78 is 1.12. The van der Waals surface area contributed by atoms with Gasteiger partial charge in [-0.3, -0.25) is 0 Å². The molecule has 0 saturated carbocycles. The summed E-state index contributed by atoms with van der Waals surface area (Å²) >= 11 is 3.52. The standard InChI is InChI=1S/C14H23BrN2/c1-3-14(17)9-12(7-10(2)16)11-5-4-6-13(15)8-11/h4-6,8,10,12,14H,3,7,9,16-17H2,1-2H3. The van der Waals surface area contributed by atoms with Gasteiger partial charge in [-0.2, -0.15) is 0 Å². The fourth-order valence-electron chi connectivity index (χ4n) is 2.11. The van der Waals surface area contributed by atoms with Gasteiger partial charge in [0.15, 0.2) is 0 Å². The highest BCUT2D eigenvalue weighted by molar-refractivity contribution is 9.10. The molecule has 0 saturated heterocycles. The molecular weight excluding hydrogens is 276 g/mol. The molecule has 0 bridgehead atoms. The molecule has 17 heavy (non-hydrogen) atoms. The van der Waals surface area contributed by atoms with Crippen molar-refractivity contribution in [3.05, 3.63) is 34.3 Å². The van der Waals surface area contributed by atoms with E-state index in [9.17, 15) is 0 Å². The molecule has 3 unspecified atom stereocenters. The Kier molecular flexibility index (Phi) is 6.17. The highest BCUT2D eigenvalue weighted by Crippen LogP contribution is 2.28. The van der Waals surface area contributed by atoms with E-state index in [0.717, 1.165) is 23.7 Å². The van der Waals surface area contributed by atoms with Crippen LogP contribution in [0.4, 0.5) is 0 Å². The van der Waals surface area contributed by atoms with E-state index in [-0.39, 0.29) is 12.1 Å². The summed E-state index contributed by atoms with van der Waals surface area (Å²) in [5.41, 5.74) is 13.3. The lowest BCUT2D eigenvalue weighted by Gasteiger charge is -2.22. The van der Waals surface area contributed by atoms with Crippen LogP contribution < -0.4 is 11.5 Å². The molecule has 0 aromatic heterocycles. The van der Waals surface area contributed by atoms with Crippen molar-refractivity contribution in [2.24, 2.45) is 11.5 Å². The van der Waals surface area contributed by atoms with Gasteiger partial charge in [-0.05, 0) is 49.8 Å². The molecule has 3 atom stereocenters. The van der Waals surface area contributed by atoms with Crippen LogP contribution in [-0.2, 0) is 0 Å². The molecule has 1 aromatic carbocycles. The Bertz CT molecular complexity index is 339. The number of benzene rings is 1. The minimum absolute atomic E-state index is 0.211. The third-order valence-electron chi connectivity index (χ3n) is 3.09. The smallest absolute Gasteiger partial charge is 0.0178 e. The van der Waals surface area contributed by atoms with Gasteiger partial charge in [-0.25, -0.2) is 0 Å². The Morgan fingerprint density at radius 1 is 1.24 bits per heavy atom. The molecule has 3 heteroatoms. The van der Waals surface area contributed by atoms with Crippen LogP contribution >= 0.6 is 15.9 Å². The Balaban J connectivity index is 2.81. The lowest BCUT2D eigenvalue weighted by atomic mass is 9.87. The van der Waals surface area contributed by atoms with Crippen molar-refractivity contribution in [2.75, 3.05) is 0 Å². The number of halogens is 1. The molecule has 1 aromatic rings. The Hall–Kier alpha value is -0.380. The van der Waals surface area contributed by atoms with Crippen molar-refractivity contribution in [1.82, 2.24) is 0 Å². The maximum atomic E-state index is 6.07. The number of nitrogens with two attached hydrogens (primary N) is 2. The summed E-state index contributed by atoms with van der Waals surface area (Å²) in [6.45, 7) is 4.19. The van der Waals surface area contributed by atoms with Gasteiger partial charge in [0, 0.05) is 16.6 Å². The SMILES string of the molecule is CCC(N)CC(CC(C)N)c1cccc(Br)c1. The largest absolute Gasteiger partial charge is 0.328 e. The minimum Gasteiger partial charge on any atom is -0.328 e. The van der Waals surface area contributed by atoms with Gasteiger partial charge >= 0.3 is 0 Å². The topological polar surface area (TPSA) is 52.0 Å². The van der Waals surface area contributed by atoms with E-state index in [2.05, 4.69) is 48.0 Å². The normalized spacial score (nSPS) is 16.5. The van der Waals surface area contributed by atoms with Crippen LogP contribution in [0.2, 0.25) is 0 Å². The molecule has 1 rings (SSSR count). The Labute approximate surface area is 113 Å². The Morgan fingerprint density at radius 2 is 1.94 bits per heavy atom. The second-order valence-corrected chi connectivity index (χ2v) is 5.78. The van der Waals surface area contributed by atoms with Gasteiger partial charge in [0.1, 0.15) is 0 Å². The zero-order valence-electron chi connectivity index (χ0n) is 10.7. The molecule has 0 fully saturated rings. The summed E-state index contributed by atoms with van der Waals surface area (Å²) in [5.74, 6) is 0.461. The fraction of sp³-hybridized carbons (Fsp3) is 0.571. The van der Waals surface area contributed by atoms with Gasteiger partial charge in [0.2, 0.25) is 0 Å². The van der Waals surface area contributed by atoms with Crippen molar-refractivity contribution in [2.45, 2.75) is 51.1 Å². The van der Waals surface area contributed by atoms with E-state index < -0.39 is 0 Å². The molecular formula is C14H23BrN2. The van der Waals surface area contributed by atoms with Crippen LogP contribution in [0.25, 0.3) is 0 Å². The van der Waals surface area contributed by atoms with E-state index in [1.54, 1.807) is 0 Å². The molecule has 0 heterocycles. The highest BCUT2D eigenvalue weighted by atomic mass is 79.9.